The lowest BCUT2D eigenvalue weighted by atomic mass is 10.1. The molecule has 0 aliphatic carbocycles. The van der Waals surface area contributed by atoms with Crippen molar-refractivity contribution in [1.29, 1.82) is 0 Å². The van der Waals surface area contributed by atoms with Crippen molar-refractivity contribution in [2.24, 2.45) is 5.92 Å². The lowest BCUT2D eigenvalue weighted by molar-refractivity contribution is 0.181. The zero-order valence-electron chi connectivity index (χ0n) is 9.04. The molecule has 2 rings (SSSR count). The number of para-hydroxylation sites is 1. The fourth-order valence-electron chi connectivity index (χ4n) is 1.33. The van der Waals surface area contributed by atoms with Crippen LogP contribution in [-0.4, -0.2) is 11.0 Å². The second-order valence-electron chi connectivity index (χ2n) is 3.63. The maximum atomic E-state index is 11.7. The smallest absolute Gasteiger partial charge is 0.410 e. The summed E-state index contributed by atoms with van der Waals surface area (Å²) in [5.74, 6) is 0.911. The van der Waals surface area contributed by atoms with Gasteiger partial charge in [-0.1, -0.05) is 37.3 Å². The zero-order chi connectivity index (χ0) is 11.4. The number of hydrogen-bond acceptors (Lipinski definition) is 2. The average Bonchev–Trinajstić information content (AvgIpc) is 2.31. The van der Waals surface area contributed by atoms with E-state index in [-0.39, 0.29) is 0 Å². The Morgan fingerprint density at radius 1 is 1.19 bits per heavy atom. The molecular weight excluding hydrogens is 202 g/mol. The Labute approximate surface area is 94.6 Å². The van der Waals surface area contributed by atoms with Crippen LogP contribution in [0.15, 0.2) is 54.9 Å². The fraction of sp³-hybridized carbons (Fsp3) is 0.154. The van der Waals surface area contributed by atoms with Crippen molar-refractivity contribution in [3.63, 3.8) is 0 Å². The maximum absolute atomic E-state index is 11.7. The van der Waals surface area contributed by atoms with Gasteiger partial charge in [0, 0.05) is 12.4 Å². The van der Waals surface area contributed by atoms with Crippen molar-refractivity contribution in [2.45, 2.75) is 6.92 Å². The van der Waals surface area contributed by atoms with Gasteiger partial charge in [-0.05, 0) is 18.1 Å². The van der Waals surface area contributed by atoms with Crippen LogP contribution >= 0.6 is 0 Å². The van der Waals surface area contributed by atoms with E-state index < -0.39 is 6.09 Å². The summed E-state index contributed by atoms with van der Waals surface area (Å²) >= 11 is 0. The minimum absolute atomic E-state index is 0.362. The van der Waals surface area contributed by atoms with Crippen LogP contribution in [0.3, 0.4) is 0 Å². The molecule has 0 unspecified atom stereocenters. The highest BCUT2D eigenvalue weighted by atomic mass is 16.6. The number of amides is 1. The number of nitrogens with zero attached hydrogens (tertiary/aromatic N) is 1. The molecule has 0 saturated heterocycles. The largest absolute Gasteiger partial charge is 0.423 e. The van der Waals surface area contributed by atoms with Crippen LogP contribution in [0.25, 0.3) is 0 Å². The van der Waals surface area contributed by atoms with Gasteiger partial charge in [-0.25, -0.2) is 4.79 Å². The molecule has 0 atom stereocenters. The van der Waals surface area contributed by atoms with Gasteiger partial charge >= 0.3 is 6.09 Å². The van der Waals surface area contributed by atoms with Crippen LogP contribution in [0.5, 0.6) is 5.75 Å². The highest BCUT2D eigenvalue weighted by Crippen LogP contribution is 2.14. The molecular formula is C13H13NO2. The average molecular weight is 215 g/mol. The van der Waals surface area contributed by atoms with E-state index in [1.54, 1.807) is 24.5 Å². The fourth-order valence-corrected chi connectivity index (χ4v) is 1.33. The number of hydrogen-bond donors (Lipinski definition) is 0. The first-order valence-corrected chi connectivity index (χ1v) is 5.17. The molecule has 1 heterocycles. The van der Waals surface area contributed by atoms with Gasteiger partial charge < -0.3 is 4.74 Å². The second kappa shape index (κ2) is 4.66. The Bertz CT molecular complexity index is 409. The van der Waals surface area contributed by atoms with E-state index in [0.29, 0.717) is 11.7 Å². The van der Waals surface area contributed by atoms with Gasteiger partial charge in [0.05, 0.1) is 0 Å². The van der Waals surface area contributed by atoms with E-state index >= 15 is 0 Å². The summed E-state index contributed by atoms with van der Waals surface area (Å²) in [4.78, 5) is 13.1. The molecule has 0 fully saturated rings. The van der Waals surface area contributed by atoms with E-state index in [4.69, 9.17) is 4.74 Å². The van der Waals surface area contributed by atoms with Gasteiger partial charge in [0.2, 0.25) is 0 Å². The number of benzene rings is 1. The first-order chi connectivity index (χ1) is 7.75. The summed E-state index contributed by atoms with van der Waals surface area (Å²) in [6.07, 6.45) is 6.91. The van der Waals surface area contributed by atoms with Crippen LogP contribution < -0.4 is 4.74 Å². The molecule has 0 aromatic heterocycles. The van der Waals surface area contributed by atoms with Gasteiger partial charge in [0.1, 0.15) is 5.75 Å². The third kappa shape index (κ3) is 2.51. The summed E-state index contributed by atoms with van der Waals surface area (Å²) in [5, 5.41) is 0. The standard InChI is InChI=1S/C13H13NO2/c1-11-7-9-14(10-8-11)13(15)16-12-5-3-2-4-6-12/h2-11H,1H3. The second-order valence-corrected chi connectivity index (χ2v) is 3.63. The molecule has 0 N–H and O–H groups in total. The minimum atomic E-state index is -0.398. The molecule has 1 amide bonds. The van der Waals surface area contributed by atoms with E-state index in [1.807, 2.05) is 37.3 Å². The van der Waals surface area contributed by atoms with Crippen molar-refractivity contribution in [3.8, 4) is 5.75 Å². The molecule has 1 aliphatic heterocycles. The number of carbonyl (C=O) groups excluding carboxylic acids is 1. The Balaban J connectivity index is 1.99. The van der Waals surface area contributed by atoms with Gasteiger partial charge in [0.15, 0.2) is 0 Å². The highest BCUT2D eigenvalue weighted by Gasteiger charge is 2.13. The number of ether oxygens (including phenoxy) is 1. The number of allylic oxidation sites excluding steroid dienone is 2. The summed E-state index contributed by atoms with van der Waals surface area (Å²) in [6.45, 7) is 2.05. The Morgan fingerprint density at radius 3 is 2.44 bits per heavy atom. The molecule has 1 aromatic rings. The van der Waals surface area contributed by atoms with Crippen LogP contribution in [0, 0.1) is 5.92 Å². The quantitative estimate of drug-likeness (QED) is 0.720. The number of carbonyl (C=O) groups is 1. The predicted octanol–water partition coefficient (Wildman–Crippen LogP) is 3.16. The maximum Gasteiger partial charge on any atom is 0.423 e. The Morgan fingerprint density at radius 2 is 1.81 bits per heavy atom. The SMILES string of the molecule is CC1C=CN(C(=O)Oc2ccccc2)C=C1. The number of rotatable bonds is 1. The summed E-state index contributed by atoms with van der Waals surface area (Å²) in [5.41, 5.74) is 0. The molecule has 0 radical (unpaired) electrons. The van der Waals surface area contributed by atoms with Crippen molar-refractivity contribution in [3.05, 3.63) is 54.9 Å². The monoisotopic (exact) mass is 215 g/mol. The molecule has 3 heteroatoms. The molecule has 0 bridgehead atoms. The van der Waals surface area contributed by atoms with E-state index in [2.05, 4.69) is 0 Å². The first-order valence-electron chi connectivity index (χ1n) is 5.17. The summed E-state index contributed by atoms with van der Waals surface area (Å²) in [7, 11) is 0. The molecule has 1 aromatic carbocycles. The summed E-state index contributed by atoms with van der Waals surface area (Å²) < 4.78 is 5.17. The minimum Gasteiger partial charge on any atom is -0.410 e. The van der Waals surface area contributed by atoms with Crippen molar-refractivity contribution < 1.29 is 9.53 Å². The lowest BCUT2D eigenvalue weighted by Gasteiger charge is -2.17. The molecule has 82 valence electrons. The van der Waals surface area contributed by atoms with Crippen molar-refractivity contribution in [1.82, 2.24) is 4.90 Å². The normalized spacial score (nSPS) is 15.2. The first kappa shape index (κ1) is 10.5. The molecule has 1 aliphatic rings. The van der Waals surface area contributed by atoms with E-state index in [9.17, 15) is 4.79 Å². The highest BCUT2D eigenvalue weighted by molar-refractivity contribution is 5.73. The van der Waals surface area contributed by atoms with Crippen LogP contribution in [-0.2, 0) is 0 Å². The Kier molecular flexibility index (Phi) is 3.05. The Hall–Kier alpha value is -2.03. The van der Waals surface area contributed by atoms with Crippen LogP contribution in [0.4, 0.5) is 4.79 Å². The lowest BCUT2D eigenvalue weighted by Crippen LogP contribution is -2.25. The van der Waals surface area contributed by atoms with E-state index in [0.717, 1.165) is 0 Å². The van der Waals surface area contributed by atoms with Crippen LogP contribution in [0.2, 0.25) is 0 Å². The van der Waals surface area contributed by atoms with Crippen molar-refractivity contribution in [2.75, 3.05) is 0 Å². The van der Waals surface area contributed by atoms with Gasteiger partial charge in [0.25, 0.3) is 0 Å². The predicted molar refractivity (Wildman–Crippen MR) is 61.7 cm³/mol. The molecule has 16 heavy (non-hydrogen) atoms. The van der Waals surface area contributed by atoms with Gasteiger partial charge in [-0.3, -0.25) is 4.90 Å². The molecule has 0 saturated carbocycles. The molecule has 0 spiro atoms. The molecule has 3 nitrogen and oxygen atoms in total. The third-order valence-electron chi connectivity index (χ3n) is 2.26. The topological polar surface area (TPSA) is 29.5 Å². The van der Waals surface area contributed by atoms with Crippen molar-refractivity contribution >= 4 is 6.09 Å². The zero-order valence-corrected chi connectivity index (χ0v) is 9.04. The summed E-state index contributed by atoms with van der Waals surface area (Å²) in [6, 6.07) is 9.02. The van der Waals surface area contributed by atoms with Gasteiger partial charge in [-0.15, -0.1) is 0 Å². The third-order valence-corrected chi connectivity index (χ3v) is 2.26. The van der Waals surface area contributed by atoms with E-state index in [1.165, 1.54) is 4.90 Å². The van der Waals surface area contributed by atoms with Crippen LogP contribution in [0.1, 0.15) is 6.92 Å². The van der Waals surface area contributed by atoms with Gasteiger partial charge in [-0.2, -0.15) is 0 Å².